The topological polar surface area (TPSA) is 62.8 Å². The Labute approximate surface area is 203 Å². The third-order valence-electron chi connectivity index (χ3n) is 7.38. The molecule has 0 bridgehead atoms. The molecule has 3 atom stereocenters. The van der Waals surface area contributed by atoms with Gasteiger partial charge in [-0.3, -0.25) is 4.90 Å². The first-order valence-corrected chi connectivity index (χ1v) is 13.2. The number of likely N-dealkylation sites (tertiary alicyclic amines) is 1. The normalized spacial score (nSPS) is 25.5. The van der Waals surface area contributed by atoms with Gasteiger partial charge in [-0.15, -0.1) is 0 Å². The Morgan fingerprint density at radius 2 is 1.82 bits per heavy atom. The highest BCUT2D eigenvalue weighted by atomic mass is 16.6. The van der Waals surface area contributed by atoms with Crippen LogP contribution >= 0.6 is 0 Å². The van der Waals surface area contributed by atoms with E-state index in [1.807, 2.05) is 6.20 Å². The number of hydrogen-bond donors (Lipinski definition) is 1. The summed E-state index contributed by atoms with van der Waals surface area (Å²) in [7, 11) is 0. The van der Waals surface area contributed by atoms with Crippen LogP contribution in [0.3, 0.4) is 0 Å². The Balaban J connectivity index is 1.26. The van der Waals surface area contributed by atoms with E-state index in [1.165, 1.54) is 31.2 Å². The summed E-state index contributed by atoms with van der Waals surface area (Å²) >= 11 is 0. The molecule has 0 spiro atoms. The van der Waals surface area contributed by atoms with Crippen molar-refractivity contribution in [3.05, 3.63) is 48.2 Å². The van der Waals surface area contributed by atoms with Gasteiger partial charge in [0.2, 0.25) is 5.95 Å². The molecule has 3 aliphatic heterocycles. The number of hydrogen-bond acceptors (Lipinski definition) is 7. The molecule has 3 fully saturated rings. The molecule has 1 aromatic heterocycles. The summed E-state index contributed by atoms with van der Waals surface area (Å²) in [4.78, 5) is 14.5. The van der Waals surface area contributed by atoms with Crippen LogP contribution in [0.25, 0.3) is 0 Å². The van der Waals surface area contributed by atoms with Gasteiger partial charge in [-0.05, 0) is 50.3 Å². The van der Waals surface area contributed by atoms with Crippen LogP contribution in [0.4, 0.5) is 11.8 Å². The maximum Gasteiger partial charge on any atom is 0.224 e. The van der Waals surface area contributed by atoms with E-state index < -0.39 is 0 Å². The number of piperidine rings is 1. The number of rotatable bonds is 7. The van der Waals surface area contributed by atoms with Gasteiger partial charge in [0, 0.05) is 37.9 Å². The largest absolute Gasteiger partial charge is 0.376 e. The first kappa shape index (κ1) is 23.5. The van der Waals surface area contributed by atoms with Gasteiger partial charge in [0.1, 0.15) is 5.82 Å². The van der Waals surface area contributed by atoms with Crippen LogP contribution in [0.15, 0.2) is 42.6 Å². The number of anilines is 2. The molecule has 0 saturated carbocycles. The lowest BCUT2D eigenvalue weighted by Crippen LogP contribution is -2.55. The van der Waals surface area contributed by atoms with Crippen molar-refractivity contribution in [2.75, 3.05) is 56.2 Å². The van der Waals surface area contributed by atoms with Gasteiger partial charge in [0.05, 0.1) is 25.9 Å². The minimum absolute atomic E-state index is 0.107. The summed E-state index contributed by atoms with van der Waals surface area (Å²) in [6.07, 6.45) is 10.4. The molecule has 1 aromatic carbocycles. The lowest BCUT2D eigenvalue weighted by molar-refractivity contribution is -0.121. The summed E-state index contributed by atoms with van der Waals surface area (Å²) in [5.74, 6) is 1.81. The van der Waals surface area contributed by atoms with Crippen molar-refractivity contribution in [2.45, 2.75) is 63.1 Å². The lowest BCUT2D eigenvalue weighted by atomic mass is 9.95. The van der Waals surface area contributed by atoms with Crippen LogP contribution in [0, 0.1) is 0 Å². The SMILES string of the molecule is c1ccc(CC(C2COCCO2)N2CCCC(Nc3nccc(N4CCCCCC4)n3)C2)cc1. The molecule has 1 N–H and O–H groups in total. The van der Waals surface area contributed by atoms with E-state index in [0.29, 0.717) is 31.9 Å². The van der Waals surface area contributed by atoms with E-state index in [4.69, 9.17) is 14.5 Å². The molecule has 184 valence electrons. The zero-order chi connectivity index (χ0) is 23.0. The van der Waals surface area contributed by atoms with Gasteiger partial charge in [0.15, 0.2) is 0 Å². The molecular weight excluding hydrogens is 426 g/mol. The van der Waals surface area contributed by atoms with Crippen molar-refractivity contribution in [3.8, 4) is 0 Å². The van der Waals surface area contributed by atoms with Crippen LogP contribution in [-0.2, 0) is 15.9 Å². The minimum atomic E-state index is 0.107. The average Bonchev–Trinajstić information content (AvgIpc) is 3.19. The van der Waals surface area contributed by atoms with Crippen molar-refractivity contribution in [3.63, 3.8) is 0 Å². The highest BCUT2D eigenvalue weighted by Crippen LogP contribution is 2.24. The second-order valence-electron chi connectivity index (χ2n) is 9.86. The molecule has 2 aromatic rings. The molecule has 7 nitrogen and oxygen atoms in total. The fraction of sp³-hybridized carbons (Fsp3) is 0.630. The summed E-state index contributed by atoms with van der Waals surface area (Å²) in [5, 5.41) is 3.66. The van der Waals surface area contributed by atoms with E-state index in [-0.39, 0.29) is 6.10 Å². The molecule has 34 heavy (non-hydrogen) atoms. The second-order valence-corrected chi connectivity index (χ2v) is 9.86. The number of aromatic nitrogens is 2. The smallest absolute Gasteiger partial charge is 0.224 e. The predicted molar refractivity (Wildman–Crippen MR) is 135 cm³/mol. The first-order chi connectivity index (χ1) is 16.8. The van der Waals surface area contributed by atoms with Gasteiger partial charge in [-0.1, -0.05) is 43.2 Å². The van der Waals surface area contributed by atoms with Gasteiger partial charge in [-0.25, -0.2) is 4.98 Å². The molecule has 3 unspecified atom stereocenters. The van der Waals surface area contributed by atoms with E-state index in [0.717, 1.165) is 57.2 Å². The molecular formula is C27H39N5O2. The number of benzene rings is 1. The summed E-state index contributed by atoms with van der Waals surface area (Å²) < 4.78 is 12.0. The first-order valence-electron chi connectivity index (χ1n) is 13.2. The third-order valence-corrected chi connectivity index (χ3v) is 7.38. The van der Waals surface area contributed by atoms with Crippen LogP contribution < -0.4 is 10.2 Å². The Bertz CT molecular complexity index is 868. The third kappa shape index (κ3) is 6.26. The van der Waals surface area contributed by atoms with E-state index in [1.54, 1.807) is 0 Å². The van der Waals surface area contributed by atoms with Crippen molar-refractivity contribution in [1.82, 2.24) is 14.9 Å². The molecule has 3 aliphatic rings. The molecule has 3 saturated heterocycles. The standard InChI is InChI=1S/C27H39N5O2/c1-2-7-15-31(14-6-1)26-12-13-28-27(30-26)29-23-11-8-16-32(20-23)24(25-21-33-17-18-34-25)19-22-9-4-3-5-10-22/h3-5,9-10,12-13,23-25H,1-2,6-8,11,14-21H2,(H,28,29,30). The van der Waals surface area contributed by atoms with E-state index in [9.17, 15) is 0 Å². The van der Waals surface area contributed by atoms with Gasteiger partial charge >= 0.3 is 0 Å². The zero-order valence-corrected chi connectivity index (χ0v) is 20.3. The Morgan fingerprint density at radius 3 is 2.62 bits per heavy atom. The molecule has 0 aliphatic carbocycles. The number of nitrogens with zero attached hydrogens (tertiary/aromatic N) is 4. The van der Waals surface area contributed by atoms with Crippen molar-refractivity contribution >= 4 is 11.8 Å². The molecule has 7 heteroatoms. The van der Waals surface area contributed by atoms with Crippen LogP contribution in [0.5, 0.6) is 0 Å². The summed E-state index contributed by atoms with van der Waals surface area (Å²) in [5.41, 5.74) is 1.35. The number of nitrogens with one attached hydrogen (secondary N) is 1. The maximum atomic E-state index is 6.19. The van der Waals surface area contributed by atoms with Crippen molar-refractivity contribution in [2.24, 2.45) is 0 Å². The summed E-state index contributed by atoms with van der Waals surface area (Å²) in [6, 6.07) is 13.5. The molecule has 5 rings (SSSR count). The molecule has 0 amide bonds. The number of ether oxygens (including phenoxy) is 2. The quantitative estimate of drug-likeness (QED) is 0.668. The van der Waals surface area contributed by atoms with E-state index in [2.05, 4.69) is 56.5 Å². The summed E-state index contributed by atoms with van der Waals surface area (Å²) in [6.45, 7) is 6.30. The lowest BCUT2D eigenvalue weighted by Gasteiger charge is -2.42. The fourth-order valence-corrected chi connectivity index (χ4v) is 5.58. The zero-order valence-electron chi connectivity index (χ0n) is 20.3. The monoisotopic (exact) mass is 465 g/mol. The van der Waals surface area contributed by atoms with Gasteiger partial charge in [-0.2, -0.15) is 4.98 Å². The fourth-order valence-electron chi connectivity index (χ4n) is 5.58. The van der Waals surface area contributed by atoms with E-state index >= 15 is 0 Å². The van der Waals surface area contributed by atoms with Gasteiger partial charge < -0.3 is 19.7 Å². The predicted octanol–water partition coefficient (Wildman–Crippen LogP) is 3.76. The molecule has 0 radical (unpaired) electrons. The average molecular weight is 466 g/mol. The minimum Gasteiger partial charge on any atom is -0.376 e. The van der Waals surface area contributed by atoms with Gasteiger partial charge in [0.25, 0.3) is 0 Å². The van der Waals surface area contributed by atoms with Crippen molar-refractivity contribution < 1.29 is 9.47 Å². The maximum absolute atomic E-state index is 6.19. The highest BCUT2D eigenvalue weighted by molar-refractivity contribution is 5.43. The van der Waals surface area contributed by atoms with Crippen molar-refractivity contribution in [1.29, 1.82) is 0 Å². The highest BCUT2D eigenvalue weighted by Gasteiger charge is 2.33. The Morgan fingerprint density at radius 1 is 0.971 bits per heavy atom. The van der Waals surface area contributed by atoms with Crippen LogP contribution in [0.2, 0.25) is 0 Å². The second kappa shape index (κ2) is 12.0. The van der Waals surface area contributed by atoms with Crippen LogP contribution in [-0.4, -0.2) is 79.1 Å². The Kier molecular flexibility index (Phi) is 8.27. The Hall–Kier alpha value is -2.22. The van der Waals surface area contributed by atoms with Crippen LogP contribution in [0.1, 0.15) is 44.1 Å². The molecule has 4 heterocycles.